The molecule has 0 N–H and O–H groups in total. The van der Waals surface area contributed by atoms with Crippen molar-refractivity contribution in [2.45, 2.75) is 0 Å². The quantitative estimate of drug-likeness (QED) is 0.744. The Labute approximate surface area is 103 Å². The van der Waals surface area contributed by atoms with E-state index in [1.807, 2.05) is 4.90 Å². The van der Waals surface area contributed by atoms with Gasteiger partial charge in [0.15, 0.2) is 0 Å². The van der Waals surface area contributed by atoms with Gasteiger partial charge in [0.2, 0.25) is 0 Å². The zero-order valence-electron chi connectivity index (χ0n) is 8.80. The summed E-state index contributed by atoms with van der Waals surface area (Å²) in [6.07, 6.45) is 1.53. The van der Waals surface area contributed by atoms with E-state index in [9.17, 15) is 4.79 Å². The lowest BCUT2D eigenvalue weighted by Gasteiger charge is -2.33. The molecule has 2 heterocycles. The highest BCUT2D eigenvalue weighted by molar-refractivity contribution is 7.07. The molecule has 1 aliphatic rings. The van der Waals surface area contributed by atoms with Crippen molar-refractivity contribution in [3.8, 4) is 0 Å². The van der Waals surface area contributed by atoms with Crippen molar-refractivity contribution in [2.24, 2.45) is 0 Å². The molecule has 0 unspecified atom stereocenters. The molecule has 1 aliphatic heterocycles. The van der Waals surface area contributed by atoms with E-state index in [-0.39, 0.29) is 5.91 Å². The minimum atomic E-state index is 0.0422. The second kappa shape index (κ2) is 5.56. The van der Waals surface area contributed by atoms with Crippen LogP contribution in [0.3, 0.4) is 0 Å². The lowest BCUT2D eigenvalue weighted by atomic mass is 10.3. The number of hydrogen-bond acceptors (Lipinski definition) is 5. The molecule has 1 amide bonds. The Hall–Kier alpha value is -0.720. The van der Waals surface area contributed by atoms with E-state index >= 15 is 0 Å². The van der Waals surface area contributed by atoms with E-state index in [1.54, 1.807) is 0 Å². The minimum Gasteiger partial charge on any atom is -0.335 e. The fourth-order valence-electron chi connectivity index (χ4n) is 1.71. The Morgan fingerprint density at radius 1 is 1.44 bits per heavy atom. The third-order valence-electron chi connectivity index (χ3n) is 2.63. The van der Waals surface area contributed by atoms with Crippen LogP contribution >= 0.6 is 23.1 Å². The van der Waals surface area contributed by atoms with Crippen LogP contribution in [-0.4, -0.2) is 63.9 Å². The van der Waals surface area contributed by atoms with Crippen molar-refractivity contribution in [3.05, 3.63) is 11.1 Å². The average molecular weight is 261 g/mol. The first-order valence-corrected chi connectivity index (χ1v) is 6.47. The highest BCUT2D eigenvalue weighted by atomic mass is 35.5. The van der Waals surface area contributed by atoms with Gasteiger partial charge in [-0.1, -0.05) is 4.49 Å². The summed E-state index contributed by atoms with van der Waals surface area (Å²) in [6, 6.07) is 0. The first-order chi connectivity index (χ1) is 7.81. The largest absolute Gasteiger partial charge is 0.335 e. The fraction of sp³-hybridized carbons (Fsp3) is 0.667. The molecule has 16 heavy (non-hydrogen) atoms. The highest BCUT2D eigenvalue weighted by Gasteiger charge is 2.22. The zero-order chi connectivity index (χ0) is 11.4. The molecular weight excluding hydrogens is 248 g/mol. The number of alkyl halides is 1. The predicted molar refractivity (Wildman–Crippen MR) is 63.0 cm³/mol. The number of hydrogen-bond donors (Lipinski definition) is 0. The number of rotatable bonds is 3. The fourth-order valence-corrected chi connectivity index (χ4v) is 2.43. The van der Waals surface area contributed by atoms with Crippen LogP contribution in [-0.2, 0) is 0 Å². The minimum absolute atomic E-state index is 0.0422. The number of carbonyl (C=O) groups excluding carboxylic acids is 1. The number of amides is 1. The van der Waals surface area contributed by atoms with Crippen molar-refractivity contribution in [3.63, 3.8) is 0 Å². The first kappa shape index (κ1) is 11.8. The van der Waals surface area contributed by atoms with E-state index < -0.39 is 0 Å². The van der Waals surface area contributed by atoms with Crippen LogP contribution in [0, 0.1) is 0 Å². The summed E-state index contributed by atoms with van der Waals surface area (Å²) in [6.45, 7) is 4.20. The number of halogens is 1. The van der Waals surface area contributed by atoms with Crippen LogP contribution < -0.4 is 0 Å². The number of piperazine rings is 1. The van der Waals surface area contributed by atoms with E-state index in [4.69, 9.17) is 11.6 Å². The lowest BCUT2D eigenvalue weighted by molar-refractivity contribution is 0.0649. The third-order valence-corrected chi connectivity index (χ3v) is 3.45. The van der Waals surface area contributed by atoms with E-state index in [2.05, 4.69) is 14.5 Å². The molecular formula is C9H13ClN4OS. The lowest BCUT2D eigenvalue weighted by Crippen LogP contribution is -2.48. The molecule has 0 atom stereocenters. The molecule has 0 bridgehead atoms. The Kier molecular flexibility index (Phi) is 4.09. The Bertz CT molecular complexity index is 337. The zero-order valence-corrected chi connectivity index (χ0v) is 10.4. The standard InChI is InChI=1S/C9H13ClN4OS/c10-1-2-13-3-5-14(6-4-13)9(15)8-7-11-12-16-8/h7H,1-6H2. The number of aromatic nitrogens is 2. The van der Waals surface area contributed by atoms with Crippen LogP contribution in [0.1, 0.15) is 9.67 Å². The summed E-state index contributed by atoms with van der Waals surface area (Å²) in [5.41, 5.74) is 0. The van der Waals surface area contributed by atoms with Crippen molar-refractivity contribution >= 4 is 29.0 Å². The Balaban J connectivity index is 1.87. The molecule has 7 heteroatoms. The molecule has 0 aromatic carbocycles. The van der Waals surface area contributed by atoms with E-state index in [0.717, 1.165) is 44.3 Å². The van der Waals surface area contributed by atoms with Crippen LogP contribution in [0.4, 0.5) is 0 Å². The molecule has 1 aromatic heterocycles. The SMILES string of the molecule is O=C(c1cnns1)N1CCN(CCCl)CC1. The summed E-state index contributed by atoms with van der Waals surface area (Å²) < 4.78 is 3.70. The second-order valence-corrected chi connectivity index (χ2v) is 4.77. The van der Waals surface area contributed by atoms with Crippen molar-refractivity contribution in [1.29, 1.82) is 0 Å². The smallest absolute Gasteiger partial charge is 0.267 e. The molecule has 0 radical (unpaired) electrons. The Morgan fingerprint density at radius 3 is 2.75 bits per heavy atom. The number of nitrogens with zero attached hydrogens (tertiary/aromatic N) is 4. The predicted octanol–water partition coefficient (Wildman–Crippen LogP) is 0.535. The molecule has 0 spiro atoms. The van der Waals surface area contributed by atoms with E-state index in [0.29, 0.717) is 10.8 Å². The van der Waals surface area contributed by atoms with Gasteiger partial charge in [-0.2, -0.15) is 0 Å². The van der Waals surface area contributed by atoms with Gasteiger partial charge in [-0.25, -0.2) is 0 Å². The molecule has 2 rings (SSSR count). The molecule has 88 valence electrons. The third kappa shape index (κ3) is 2.69. The molecule has 1 aromatic rings. The van der Waals surface area contributed by atoms with Gasteiger partial charge in [0, 0.05) is 38.6 Å². The number of carbonyl (C=O) groups is 1. The maximum absolute atomic E-state index is 11.9. The van der Waals surface area contributed by atoms with Gasteiger partial charge in [-0.15, -0.1) is 16.7 Å². The molecule has 0 saturated carbocycles. The van der Waals surface area contributed by atoms with Crippen molar-refractivity contribution in [1.82, 2.24) is 19.4 Å². The normalized spacial score (nSPS) is 17.7. The van der Waals surface area contributed by atoms with Gasteiger partial charge >= 0.3 is 0 Å². The van der Waals surface area contributed by atoms with Crippen LogP contribution in [0.5, 0.6) is 0 Å². The maximum Gasteiger partial charge on any atom is 0.267 e. The van der Waals surface area contributed by atoms with Crippen molar-refractivity contribution in [2.75, 3.05) is 38.6 Å². The highest BCUT2D eigenvalue weighted by Crippen LogP contribution is 2.10. The molecule has 1 fully saturated rings. The van der Waals surface area contributed by atoms with Gasteiger partial charge in [0.1, 0.15) is 4.88 Å². The van der Waals surface area contributed by atoms with Crippen LogP contribution in [0.25, 0.3) is 0 Å². The van der Waals surface area contributed by atoms with Gasteiger partial charge < -0.3 is 4.90 Å². The molecule has 5 nitrogen and oxygen atoms in total. The summed E-state index contributed by atoms with van der Waals surface area (Å²) in [4.78, 5) is 16.7. The summed E-state index contributed by atoms with van der Waals surface area (Å²) in [5.74, 6) is 0.688. The van der Waals surface area contributed by atoms with Gasteiger partial charge in [-0.3, -0.25) is 9.69 Å². The average Bonchev–Trinajstić information content (AvgIpc) is 2.83. The van der Waals surface area contributed by atoms with Gasteiger partial charge in [-0.05, 0) is 11.5 Å². The molecule has 0 aliphatic carbocycles. The van der Waals surface area contributed by atoms with Gasteiger partial charge in [0.05, 0.1) is 6.20 Å². The Morgan fingerprint density at radius 2 is 2.19 bits per heavy atom. The summed E-state index contributed by atoms with van der Waals surface area (Å²) >= 11 is 6.83. The summed E-state index contributed by atoms with van der Waals surface area (Å²) in [7, 11) is 0. The van der Waals surface area contributed by atoms with Crippen LogP contribution in [0.15, 0.2) is 6.20 Å². The second-order valence-electron chi connectivity index (χ2n) is 3.60. The topological polar surface area (TPSA) is 49.3 Å². The summed E-state index contributed by atoms with van der Waals surface area (Å²) in [5, 5.41) is 3.68. The van der Waals surface area contributed by atoms with Crippen LogP contribution in [0.2, 0.25) is 0 Å². The van der Waals surface area contributed by atoms with E-state index in [1.165, 1.54) is 6.20 Å². The monoisotopic (exact) mass is 260 g/mol. The van der Waals surface area contributed by atoms with Gasteiger partial charge in [0.25, 0.3) is 5.91 Å². The molecule has 1 saturated heterocycles. The first-order valence-electron chi connectivity index (χ1n) is 5.16. The van der Waals surface area contributed by atoms with Crippen molar-refractivity contribution < 1.29 is 4.79 Å². The maximum atomic E-state index is 11.9.